The van der Waals surface area contributed by atoms with Crippen molar-refractivity contribution in [2.45, 2.75) is 14.7 Å². The Morgan fingerprint density at radius 1 is 0.808 bits per heavy atom. The van der Waals surface area contributed by atoms with Gasteiger partial charge in [-0.25, -0.2) is 12.7 Å². The fourth-order valence-corrected chi connectivity index (χ4v) is 5.72. The van der Waals surface area contributed by atoms with Crippen molar-refractivity contribution >= 4 is 38.8 Å². The minimum Gasteiger partial charge on any atom is -0.258 e. The number of nitro benzene ring substituents is 1. The lowest BCUT2D eigenvalue weighted by Crippen LogP contribution is -2.29. The third-order valence-electron chi connectivity index (χ3n) is 3.97. The highest BCUT2D eigenvalue weighted by Crippen LogP contribution is 2.50. The summed E-state index contributed by atoms with van der Waals surface area (Å²) in [6, 6.07) is 19.6. The van der Waals surface area contributed by atoms with Crippen LogP contribution in [0.5, 0.6) is 0 Å². The van der Waals surface area contributed by atoms with Crippen LogP contribution >= 0.6 is 11.8 Å². The van der Waals surface area contributed by atoms with Gasteiger partial charge in [-0.2, -0.15) is 0 Å². The van der Waals surface area contributed by atoms with Crippen molar-refractivity contribution in [2.24, 2.45) is 0 Å². The average Bonchev–Trinajstić information content (AvgIpc) is 2.65. The Kier molecular flexibility index (Phi) is 3.93. The van der Waals surface area contributed by atoms with Gasteiger partial charge in [0.25, 0.3) is 15.7 Å². The van der Waals surface area contributed by atoms with Crippen molar-refractivity contribution in [2.75, 3.05) is 4.31 Å². The molecule has 0 unspecified atom stereocenters. The quantitative estimate of drug-likeness (QED) is 0.487. The summed E-state index contributed by atoms with van der Waals surface area (Å²) in [5, 5.41) is 11.4. The van der Waals surface area contributed by atoms with Crippen molar-refractivity contribution in [1.29, 1.82) is 0 Å². The molecule has 0 N–H and O–H groups in total. The summed E-state index contributed by atoms with van der Waals surface area (Å²) in [6.45, 7) is 0. The number of benzene rings is 3. The molecule has 0 bridgehead atoms. The molecule has 0 amide bonds. The largest absolute Gasteiger partial charge is 0.289 e. The first-order valence-corrected chi connectivity index (χ1v) is 9.90. The second-order valence-electron chi connectivity index (χ2n) is 5.53. The molecule has 0 fully saturated rings. The molecular formula is C18H12N2O4S2. The van der Waals surface area contributed by atoms with E-state index < -0.39 is 20.6 Å². The van der Waals surface area contributed by atoms with Crippen molar-refractivity contribution in [3.63, 3.8) is 0 Å². The van der Waals surface area contributed by atoms with Gasteiger partial charge < -0.3 is 0 Å². The molecule has 1 aliphatic rings. The molecule has 3 aromatic carbocycles. The van der Waals surface area contributed by atoms with Gasteiger partial charge >= 0.3 is 0 Å². The zero-order valence-electron chi connectivity index (χ0n) is 13.3. The molecule has 0 radical (unpaired) electrons. The normalized spacial score (nSPS) is 13.0. The van der Waals surface area contributed by atoms with Crippen LogP contribution in [0.1, 0.15) is 0 Å². The third-order valence-corrected chi connectivity index (χ3v) is 6.87. The van der Waals surface area contributed by atoms with Crippen LogP contribution in [0.2, 0.25) is 0 Å². The Labute approximate surface area is 154 Å². The van der Waals surface area contributed by atoms with Gasteiger partial charge in [0.2, 0.25) is 0 Å². The molecule has 6 nitrogen and oxygen atoms in total. The molecular weight excluding hydrogens is 372 g/mol. The van der Waals surface area contributed by atoms with Gasteiger partial charge in [0.1, 0.15) is 0 Å². The number of nitrogens with zero attached hydrogens (tertiary/aromatic N) is 2. The van der Waals surface area contributed by atoms with Crippen LogP contribution in [0.3, 0.4) is 0 Å². The molecule has 0 spiro atoms. The van der Waals surface area contributed by atoms with Crippen molar-refractivity contribution in [1.82, 2.24) is 0 Å². The highest BCUT2D eigenvalue weighted by Gasteiger charge is 2.37. The standard InChI is InChI=1S/C18H12N2O4S2/c21-20(22)15-9-3-6-12-18(15)26(23,24)19-13-7-1-4-10-16(13)25-17-11-5-2-8-14(17)19/h1-12H. The van der Waals surface area contributed by atoms with Crippen LogP contribution in [0, 0.1) is 10.1 Å². The van der Waals surface area contributed by atoms with E-state index in [1.807, 2.05) is 24.3 Å². The molecule has 130 valence electrons. The molecule has 0 saturated heterocycles. The van der Waals surface area contributed by atoms with Gasteiger partial charge in [0.15, 0.2) is 4.90 Å². The first-order chi connectivity index (χ1) is 12.5. The molecule has 3 aromatic rings. The van der Waals surface area contributed by atoms with Crippen LogP contribution < -0.4 is 4.31 Å². The van der Waals surface area contributed by atoms with E-state index in [0.29, 0.717) is 11.4 Å². The summed E-state index contributed by atoms with van der Waals surface area (Å²) >= 11 is 1.47. The van der Waals surface area contributed by atoms with E-state index in [0.717, 1.165) is 9.79 Å². The Balaban J connectivity index is 2.00. The number of anilines is 2. The number of hydrogen-bond acceptors (Lipinski definition) is 5. The maximum atomic E-state index is 13.5. The van der Waals surface area contributed by atoms with Gasteiger partial charge in [-0.15, -0.1) is 0 Å². The molecule has 1 heterocycles. The minimum absolute atomic E-state index is 0.332. The Bertz CT molecular complexity index is 1080. The molecule has 1 aliphatic heterocycles. The summed E-state index contributed by atoms with van der Waals surface area (Å²) in [5.41, 5.74) is 0.518. The van der Waals surface area contributed by atoms with E-state index in [4.69, 9.17) is 0 Å². The van der Waals surface area contributed by atoms with Gasteiger partial charge in [0, 0.05) is 15.9 Å². The molecule has 4 rings (SSSR count). The highest BCUT2D eigenvalue weighted by molar-refractivity contribution is 8.00. The molecule has 0 aromatic heterocycles. The number of hydrogen-bond donors (Lipinski definition) is 0. The molecule has 0 atom stereocenters. The van der Waals surface area contributed by atoms with E-state index in [9.17, 15) is 18.5 Å². The van der Waals surface area contributed by atoms with E-state index in [-0.39, 0.29) is 4.90 Å². The molecule has 26 heavy (non-hydrogen) atoms. The van der Waals surface area contributed by atoms with Crippen molar-refractivity contribution in [3.8, 4) is 0 Å². The smallest absolute Gasteiger partial charge is 0.258 e. The van der Waals surface area contributed by atoms with Crippen LogP contribution in [-0.2, 0) is 10.0 Å². The number of nitro groups is 1. The van der Waals surface area contributed by atoms with Crippen LogP contribution in [0.15, 0.2) is 87.5 Å². The predicted octanol–water partition coefficient (Wildman–Crippen LogP) is 4.59. The lowest BCUT2D eigenvalue weighted by molar-refractivity contribution is -0.387. The summed E-state index contributed by atoms with van der Waals surface area (Å²) < 4.78 is 28.1. The van der Waals surface area contributed by atoms with Crippen LogP contribution in [0.25, 0.3) is 0 Å². The van der Waals surface area contributed by atoms with E-state index in [1.54, 1.807) is 24.3 Å². The maximum Gasteiger partial charge on any atom is 0.289 e. The average molecular weight is 384 g/mol. The topological polar surface area (TPSA) is 80.5 Å². The van der Waals surface area contributed by atoms with Crippen molar-refractivity contribution < 1.29 is 13.3 Å². The monoisotopic (exact) mass is 384 g/mol. The van der Waals surface area contributed by atoms with Crippen LogP contribution in [0.4, 0.5) is 17.1 Å². The van der Waals surface area contributed by atoms with E-state index in [1.165, 1.54) is 40.3 Å². The SMILES string of the molecule is O=[N+]([O-])c1ccccc1S(=O)(=O)N1c2ccccc2Sc2ccccc21. The second kappa shape index (κ2) is 6.15. The third kappa shape index (κ3) is 2.54. The molecule has 0 aliphatic carbocycles. The second-order valence-corrected chi connectivity index (χ2v) is 8.37. The number of sulfonamides is 1. The number of para-hydroxylation sites is 3. The van der Waals surface area contributed by atoms with E-state index in [2.05, 4.69) is 0 Å². The first kappa shape index (κ1) is 16.6. The Morgan fingerprint density at radius 2 is 1.31 bits per heavy atom. The zero-order chi connectivity index (χ0) is 18.3. The summed E-state index contributed by atoms with van der Waals surface area (Å²) in [4.78, 5) is 11.9. The summed E-state index contributed by atoms with van der Waals surface area (Å²) in [7, 11) is -4.19. The summed E-state index contributed by atoms with van der Waals surface area (Å²) in [5.74, 6) is 0. The van der Waals surface area contributed by atoms with Gasteiger partial charge in [-0.1, -0.05) is 48.2 Å². The predicted molar refractivity (Wildman–Crippen MR) is 99.4 cm³/mol. The fraction of sp³-hybridized carbons (Fsp3) is 0. The molecule has 0 saturated carbocycles. The molecule has 8 heteroatoms. The lowest BCUT2D eigenvalue weighted by Gasteiger charge is -2.31. The lowest BCUT2D eigenvalue weighted by atomic mass is 10.2. The highest BCUT2D eigenvalue weighted by atomic mass is 32.2. The maximum absolute atomic E-state index is 13.5. The Hall–Kier alpha value is -2.84. The van der Waals surface area contributed by atoms with Crippen molar-refractivity contribution in [3.05, 3.63) is 82.9 Å². The van der Waals surface area contributed by atoms with Crippen LogP contribution in [-0.4, -0.2) is 13.3 Å². The summed E-state index contributed by atoms with van der Waals surface area (Å²) in [6.07, 6.45) is 0. The first-order valence-electron chi connectivity index (χ1n) is 7.65. The van der Waals surface area contributed by atoms with Gasteiger partial charge in [0.05, 0.1) is 16.3 Å². The minimum atomic E-state index is -4.19. The fourth-order valence-electron chi connectivity index (χ4n) is 2.85. The van der Waals surface area contributed by atoms with Gasteiger partial charge in [-0.05, 0) is 30.3 Å². The van der Waals surface area contributed by atoms with E-state index >= 15 is 0 Å². The zero-order valence-corrected chi connectivity index (χ0v) is 14.9. The Morgan fingerprint density at radius 3 is 1.88 bits per heavy atom. The van der Waals surface area contributed by atoms with Gasteiger partial charge in [-0.3, -0.25) is 10.1 Å². The number of fused-ring (bicyclic) bond motifs is 2. The number of rotatable bonds is 3.